The number of carbonyl (C=O) groups is 2. The number of likely N-dealkylation sites (tertiary alicyclic amines) is 1. The topological polar surface area (TPSA) is 76.1 Å². The van der Waals surface area contributed by atoms with E-state index in [0.29, 0.717) is 19.4 Å². The average molecular weight is 404 g/mol. The number of hydrogen-bond acceptors (Lipinski definition) is 4. The van der Waals surface area contributed by atoms with Gasteiger partial charge in [-0.15, -0.1) is 0 Å². The summed E-state index contributed by atoms with van der Waals surface area (Å²) in [5.74, 6) is -1.09. The first-order valence-electron chi connectivity index (χ1n) is 9.02. The van der Waals surface area contributed by atoms with E-state index in [0.717, 1.165) is 11.1 Å². The van der Waals surface area contributed by atoms with E-state index in [1.165, 1.54) is 6.07 Å². The molecular weight excluding hydrogens is 382 g/mol. The average Bonchev–Trinajstić information content (AvgIpc) is 2.72. The molecule has 0 aromatic heterocycles. The van der Waals surface area contributed by atoms with E-state index in [1.807, 2.05) is 30.3 Å². The van der Waals surface area contributed by atoms with Gasteiger partial charge < -0.3 is 19.5 Å². The van der Waals surface area contributed by atoms with E-state index >= 15 is 0 Å². The van der Waals surface area contributed by atoms with Crippen LogP contribution in [0.15, 0.2) is 48.5 Å². The van der Waals surface area contributed by atoms with Crippen molar-refractivity contribution in [3.63, 3.8) is 0 Å². The number of hydrogen-bond donors (Lipinski definition) is 1. The van der Waals surface area contributed by atoms with Gasteiger partial charge in [0.05, 0.1) is 22.7 Å². The van der Waals surface area contributed by atoms with Gasteiger partial charge in [-0.3, -0.25) is 0 Å². The summed E-state index contributed by atoms with van der Waals surface area (Å²) in [5.41, 5.74) is 1.70. The number of amides is 1. The van der Waals surface area contributed by atoms with Gasteiger partial charge in [0.2, 0.25) is 0 Å². The highest BCUT2D eigenvalue weighted by molar-refractivity contribution is 6.33. The van der Waals surface area contributed by atoms with Crippen LogP contribution >= 0.6 is 11.6 Å². The number of halogens is 1. The van der Waals surface area contributed by atoms with Crippen LogP contribution in [0.2, 0.25) is 5.02 Å². The van der Waals surface area contributed by atoms with Gasteiger partial charge in [-0.2, -0.15) is 0 Å². The Labute approximate surface area is 168 Å². The Balaban J connectivity index is 1.79. The van der Waals surface area contributed by atoms with Crippen molar-refractivity contribution in [3.8, 4) is 0 Å². The molecule has 0 saturated carbocycles. The lowest BCUT2D eigenvalue weighted by Crippen LogP contribution is -2.43. The third-order valence-corrected chi connectivity index (χ3v) is 5.25. The summed E-state index contributed by atoms with van der Waals surface area (Å²) in [4.78, 5) is 25.6. The molecular formula is C21H22ClNO5. The maximum atomic E-state index is 12.7. The smallest absolute Gasteiger partial charge is 0.410 e. The van der Waals surface area contributed by atoms with Gasteiger partial charge in [0, 0.05) is 13.7 Å². The molecule has 28 heavy (non-hydrogen) atoms. The minimum Gasteiger partial charge on any atom is -0.478 e. The van der Waals surface area contributed by atoms with Crippen molar-refractivity contribution in [1.29, 1.82) is 0 Å². The second-order valence-electron chi connectivity index (χ2n) is 6.68. The lowest BCUT2D eigenvalue weighted by molar-refractivity contribution is 0.00474. The van der Waals surface area contributed by atoms with Crippen LogP contribution in [-0.2, 0) is 16.1 Å². The Morgan fingerprint density at radius 1 is 1.21 bits per heavy atom. The standard InChI is InChI=1S/C21H22ClNO5/c1-27-16-9-10-23(21(26)28-13-14-5-3-2-4-6-14)19(12-16)15-7-8-17(20(24)25)18(22)11-15/h2-8,11,16,19H,9-10,12-13H2,1H3,(H,24,25). The number of nitrogens with zero attached hydrogens (tertiary/aromatic N) is 1. The van der Waals surface area contributed by atoms with Crippen molar-refractivity contribution in [3.05, 3.63) is 70.2 Å². The van der Waals surface area contributed by atoms with E-state index in [4.69, 9.17) is 21.1 Å². The van der Waals surface area contributed by atoms with Crippen LogP contribution in [0, 0.1) is 0 Å². The second kappa shape index (κ2) is 9.08. The normalized spacial score (nSPS) is 19.3. The summed E-state index contributed by atoms with van der Waals surface area (Å²) in [5, 5.41) is 9.32. The molecule has 0 aliphatic carbocycles. The quantitative estimate of drug-likeness (QED) is 0.793. The molecule has 2 aromatic carbocycles. The van der Waals surface area contributed by atoms with Gasteiger partial charge in [0.1, 0.15) is 6.61 Å². The maximum Gasteiger partial charge on any atom is 0.410 e. The lowest BCUT2D eigenvalue weighted by Gasteiger charge is -2.38. The highest BCUT2D eigenvalue weighted by Crippen LogP contribution is 2.34. The fourth-order valence-electron chi connectivity index (χ4n) is 3.40. The Bertz CT molecular complexity index is 842. The molecule has 6 nitrogen and oxygen atoms in total. The molecule has 1 fully saturated rings. The van der Waals surface area contributed by atoms with Gasteiger partial charge in [0.25, 0.3) is 0 Å². The van der Waals surface area contributed by atoms with Crippen LogP contribution in [0.1, 0.15) is 40.4 Å². The van der Waals surface area contributed by atoms with Crippen molar-refractivity contribution in [2.75, 3.05) is 13.7 Å². The molecule has 2 unspecified atom stereocenters. The summed E-state index contributed by atoms with van der Waals surface area (Å²) >= 11 is 6.14. The number of rotatable bonds is 5. The predicted octanol–water partition coefficient (Wildman–Crippen LogP) is 4.53. The van der Waals surface area contributed by atoms with Crippen LogP contribution in [-0.4, -0.2) is 41.8 Å². The van der Waals surface area contributed by atoms with Crippen molar-refractivity contribution in [2.24, 2.45) is 0 Å². The molecule has 1 saturated heterocycles. The minimum atomic E-state index is -1.09. The van der Waals surface area contributed by atoms with Crippen LogP contribution in [0.5, 0.6) is 0 Å². The van der Waals surface area contributed by atoms with E-state index in [2.05, 4.69) is 0 Å². The molecule has 7 heteroatoms. The molecule has 148 valence electrons. The lowest BCUT2D eigenvalue weighted by atomic mass is 9.93. The summed E-state index contributed by atoms with van der Waals surface area (Å²) in [6.07, 6.45) is 0.872. The van der Waals surface area contributed by atoms with Gasteiger partial charge in [-0.05, 0) is 36.1 Å². The van der Waals surface area contributed by atoms with E-state index in [9.17, 15) is 14.7 Å². The molecule has 1 heterocycles. The summed E-state index contributed by atoms with van der Waals surface area (Å²) in [6, 6.07) is 13.9. The van der Waals surface area contributed by atoms with Gasteiger partial charge >= 0.3 is 12.1 Å². The van der Waals surface area contributed by atoms with Crippen molar-refractivity contribution in [1.82, 2.24) is 4.90 Å². The first-order chi connectivity index (χ1) is 13.5. The zero-order valence-electron chi connectivity index (χ0n) is 15.5. The van der Waals surface area contributed by atoms with E-state index in [1.54, 1.807) is 24.1 Å². The molecule has 0 spiro atoms. The largest absolute Gasteiger partial charge is 0.478 e. The molecule has 1 aliphatic rings. The number of carbonyl (C=O) groups excluding carboxylic acids is 1. The third-order valence-electron chi connectivity index (χ3n) is 4.94. The molecule has 1 N–H and O–H groups in total. The summed E-state index contributed by atoms with van der Waals surface area (Å²) in [6.45, 7) is 0.671. The maximum absolute atomic E-state index is 12.7. The number of ether oxygens (including phenoxy) is 2. The molecule has 1 aliphatic heterocycles. The fraction of sp³-hybridized carbons (Fsp3) is 0.333. The SMILES string of the molecule is COC1CCN(C(=O)OCc2ccccc2)C(c2ccc(C(=O)O)c(Cl)c2)C1. The number of carboxylic acid groups (broad SMARTS) is 1. The summed E-state index contributed by atoms with van der Waals surface area (Å²) in [7, 11) is 1.64. The molecule has 0 bridgehead atoms. The van der Waals surface area contributed by atoms with Crippen molar-refractivity contribution >= 4 is 23.7 Å². The number of carboxylic acids is 1. The Morgan fingerprint density at radius 2 is 1.96 bits per heavy atom. The number of piperidine rings is 1. The monoisotopic (exact) mass is 403 g/mol. The first-order valence-corrected chi connectivity index (χ1v) is 9.40. The summed E-state index contributed by atoms with van der Waals surface area (Å²) < 4.78 is 11.0. The first kappa shape index (κ1) is 20.2. The zero-order chi connectivity index (χ0) is 20.1. The van der Waals surface area contributed by atoms with E-state index < -0.39 is 12.1 Å². The van der Waals surface area contributed by atoms with Crippen molar-refractivity contribution < 1.29 is 24.2 Å². The molecule has 1 amide bonds. The molecule has 3 rings (SSSR count). The van der Waals surface area contributed by atoms with Crippen LogP contribution < -0.4 is 0 Å². The Hall–Kier alpha value is -2.57. The van der Waals surface area contributed by atoms with E-state index in [-0.39, 0.29) is 29.3 Å². The highest BCUT2D eigenvalue weighted by Gasteiger charge is 2.34. The number of benzene rings is 2. The second-order valence-corrected chi connectivity index (χ2v) is 7.08. The molecule has 0 radical (unpaired) electrons. The number of aromatic carboxylic acids is 1. The van der Waals surface area contributed by atoms with Crippen LogP contribution in [0.25, 0.3) is 0 Å². The predicted molar refractivity (Wildman–Crippen MR) is 105 cm³/mol. The minimum absolute atomic E-state index is 0.00102. The fourth-order valence-corrected chi connectivity index (χ4v) is 3.67. The highest BCUT2D eigenvalue weighted by atomic mass is 35.5. The van der Waals surface area contributed by atoms with Crippen LogP contribution in [0.4, 0.5) is 4.79 Å². The van der Waals surface area contributed by atoms with Crippen LogP contribution in [0.3, 0.4) is 0 Å². The Kier molecular flexibility index (Phi) is 6.54. The van der Waals surface area contributed by atoms with Gasteiger partial charge in [-0.25, -0.2) is 9.59 Å². The zero-order valence-corrected chi connectivity index (χ0v) is 16.3. The van der Waals surface area contributed by atoms with Crippen molar-refractivity contribution in [2.45, 2.75) is 31.6 Å². The third kappa shape index (κ3) is 4.64. The van der Waals surface area contributed by atoms with Gasteiger partial charge in [0.15, 0.2) is 0 Å². The molecule has 2 atom stereocenters. The molecule has 2 aromatic rings. The van der Waals surface area contributed by atoms with Gasteiger partial charge in [-0.1, -0.05) is 48.0 Å². The number of methoxy groups -OCH3 is 1. The Morgan fingerprint density at radius 3 is 2.61 bits per heavy atom.